The Kier molecular flexibility index (Phi) is 10.2. The lowest BCUT2D eigenvalue weighted by atomic mass is 9.93. The summed E-state index contributed by atoms with van der Waals surface area (Å²) in [6.07, 6.45) is -4.60. The van der Waals surface area contributed by atoms with Crippen LogP contribution in [-0.4, -0.2) is 59.9 Å². The van der Waals surface area contributed by atoms with E-state index in [1.807, 2.05) is 0 Å². The van der Waals surface area contributed by atoms with Crippen molar-refractivity contribution in [2.45, 2.75) is 113 Å². The van der Waals surface area contributed by atoms with Crippen LogP contribution in [0.2, 0.25) is 0 Å². The fraction of sp³-hybridized carbons (Fsp3) is 0.846. The summed E-state index contributed by atoms with van der Waals surface area (Å²) < 4.78 is 28.8. The van der Waals surface area contributed by atoms with Crippen molar-refractivity contribution in [3.8, 4) is 0 Å². The maximum atomic E-state index is 13.0. The van der Waals surface area contributed by atoms with E-state index >= 15 is 0 Å². The molecule has 1 aliphatic rings. The predicted molar refractivity (Wildman–Crippen MR) is 136 cm³/mol. The predicted octanol–water partition coefficient (Wildman–Crippen LogP) is 4.57. The largest absolute Gasteiger partial charge is 0.462 e. The number of esters is 4. The third-order valence-corrected chi connectivity index (χ3v) is 5.87. The van der Waals surface area contributed by atoms with Crippen molar-refractivity contribution in [3.05, 3.63) is 0 Å². The first kappa shape index (κ1) is 32.3. The van der Waals surface area contributed by atoms with Crippen LogP contribution in [0.15, 0.2) is 0 Å². The van der Waals surface area contributed by atoms with Gasteiger partial charge in [-0.1, -0.05) is 15.9 Å². The van der Waals surface area contributed by atoms with Gasteiger partial charge in [-0.3, -0.25) is 19.2 Å². The molecule has 9 nitrogen and oxygen atoms in total. The number of alkyl halides is 1. The topological polar surface area (TPSA) is 114 Å². The second kappa shape index (κ2) is 11.4. The quantitative estimate of drug-likeness (QED) is 0.263. The molecule has 1 aliphatic heterocycles. The zero-order valence-corrected chi connectivity index (χ0v) is 25.2. The maximum absolute atomic E-state index is 13.0. The molecule has 0 N–H and O–H groups in total. The van der Waals surface area contributed by atoms with Crippen LogP contribution in [-0.2, 0) is 42.9 Å². The van der Waals surface area contributed by atoms with Gasteiger partial charge in [-0.25, -0.2) is 0 Å². The first-order valence-electron chi connectivity index (χ1n) is 12.1. The Morgan fingerprint density at radius 1 is 0.583 bits per heavy atom. The highest BCUT2D eigenvalue weighted by Crippen LogP contribution is 2.35. The van der Waals surface area contributed by atoms with E-state index in [4.69, 9.17) is 23.7 Å². The van der Waals surface area contributed by atoms with Gasteiger partial charge in [0.2, 0.25) is 0 Å². The molecule has 1 fully saturated rings. The van der Waals surface area contributed by atoms with Crippen LogP contribution >= 0.6 is 15.9 Å². The molecule has 1 saturated heterocycles. The molecule has 1 heterocycles. The summed E-state index contributed by atoms with van der Waals surface area (Å²) in [5.41, 5.74) is -3.43. The summed E-state index contributed by atoms with van der Waals surface area (Å²) in [6, 6.07) is 0. The highest BCUT2D eigenvalue weighted by molar-refractivity contribution is 9.09. The van der Waals surface area contributed by atoms with Crippen molar-refractivity contribution in [1.82, 2.24) is 0 Å². The minimum absolute atomic E-state index is 0.274. The van der Waals surface area contributed by atoms with Crippen LogP contribution in [0.5, 0.6) is 0 Å². The summed E-state index contributed by atoms with van der Waals surface area (Å²) in [6.45, 7) is 19.9. The Morgan fingerprint density at radius 2 is 0.917 bits per heavy atom. The van der Waals surface area contributed by atoms with Crippen molar-refractivity contribution in [2.24, 2.45) is 21.7 Å². The monoisotopic (exact) mass is 578 g/mol. The average Bonchev–Trinajstić information content (AvgIpc) is 2.67. The molecule has 0 aliphatic carbocycles. The Labute approximate surface area is 223 Å². The number of rotatable bonds is 5. The van der Waals surface area contributed by atoms with E-state index in [9.17, 15) is 19.2 Å². The first-order valence-corrected chi connectivity index (χ1v) is 13.0. The number of carbonyl (C=O) groups is 4. The molecule has 0 spiro atoms. The summed E-state index contributed by atoms with van der Waals surface area (Å²) in [5, 5.41) is -0.940. The summed E-state index contributed by atoms with van der Waals surface area (Å²) in [5.74, 6) is -2.22. The van der Waals surface area contributed by atoms with Crippen LogP contribution < -0.4 is 0 Å². The van der Waals surface area contributed by atoms with Gasteiger partial charge in [0.15, 0.2) is 23.3 Å². The van der Waals surface area contributed by atoms with Crippen molar-refractivity contribution >= 4 is 39.8 Å². The maximum Gasteiger partial charge on any atom is 0.311 e. The van der Waals surface area contributed by atoms with Gasteiger partial charge in [0.25, 0.3) is 0 Å². The molecule has 0 aromatic heterocycles. The first-order chi connectivity index (χ1) is 16.0. The Morgan fingerprint density at radius 3 is 1.28 bits per heavy atom. The number of ether oxygens (including phenoxy) is 5. The molecule has 0 amide bonds. The zero-order chi connectivity index (χ0) is 28.4. The van der Waals surface area contributed by atoms with Crippen LogP contribution in [0.3, 0.4) is 0 Å². The molecule has 0 bridgehead atoms. The highest BCUT2D eigenvalue weighted by atomic mass is 79.9. The number of hydrogen-bond acceptors (Lipinski definition) is 9. The van der Waals surface area contributed by atoms with Crippen LogP contribution in [0.25, 0.3) is 0 Å². The molecule has 0 radical (unpaired) electrons. The third kappa shape index (κ3) is 9.01. The van der Waals surface area contributed by atoms with Crippen molar-refractivity contribution in [3.63, 3.8) is 0 Å². The molecule has 0 aromatic rings. The third-order valence-electron chi connectivity index (χ3n) is 5.13. The number of halogens is 1. The van der Waals surface area contributed by atoms with E-state index in [2.05, 4.69) is 15.9 Å². The van der Waals surface area contributed by atoms with E-state index in [-0.39, 0.29) is 6.61 Å². The van der Waals surface area contributed by atoms with Gasteiger partial charge in [0.1, 0.15) is 12.7 Å². The summed E-state index contributed by atoms with van der Waals surface area (Å²) in [4.78, 5) is 51.1. The van der Waals surface area contributed by atoms with E-state index in [0.717, 1.165) is 0 Å². The van der Waals surface area contributed by atoms with Crippen LogP contribution in [0, 0.1) is 21.7 Å². The van der Waals surface area contributed by atoms with E-state index in [1.165, 1.54) is 0 Å². The van der Waals surface area contributed by atoms with Crippen molar-refractivity contribution < 1.29 is 42.9 Å². The summed E-state index contributed by atoms with van der Waals surface area (Å²) in [7, 11) is 0. The van der Waals surface area contributed by atoms with Gasteiger partial charge < -0.3 is 23.7 Å². The molecule has 0 saturated carbocycles. The Hall–Kier alpha value is -1.68. The molecular formula is C26H43BrO9. The van der Waals surface area contributed by atoms with E-state index < -0.39 is 75.0 Å². The molecule has 0 aromatic carbocycles. The summed E-state index contributed by atoms with van der Waals surface area (Å²) >= 11 is 3.38. The molecule has 5 atom stereocenters. The minimum atomic E-state index is -1.23. The molecule has 10 heteroatoms. The Bertz CT molecular complexity index is 824. The van der Waals surface area contributed by atoms with Crippen molar-refractivity contribution in [2.75, 3.05) is 6.61 Å². The van der Waals surface area contributed by atoms with Crippen LogP contribution in [0.1, 0.15) is 83.1 Å². The lowest BCUT2D eigenvalue weighted by Gasteiger charge is -2.44. The minimum Gasteiger partial charge on any atom is -0.462 e. The fourth-order valence-corrected chi connectivity index (χ4v) is 3.36. The lowest BCUT2D eigenvalue weighted by Crippen LogP contribution is -2.62. The van der Waals surface area contributed by atoms with Gasteiger partial charge in [0.05, 0.1) is 21.7 Å². The SMILES string of the molecule is CC(C)(C)C(=O)OC[C@H]1OC(Br)[C@H](OC(=O)C(C)(C)C)[C@@H](OC(=O)C(C)(C)C)[C@H]1OC(=O)C(C)(C)C. The standard InChI is InChI=1S/C26H43BrO9/c1-23(2,3)19(28)32-13-14-15(34-20(29)24(4,5)6)16(35-21(30)25(7,8)9)17(18(27)33-14)36-22(31)26(10,11)12/h14-18H,13H2,1-12H3/t14-,15+,16+,17-,18?/m1/s1. The number of carbonyl (C=O) groups excluding carboxylic acids is 4. The van der Waals surface area contributed by atoms with Gasteiger partial charge in [-0.15, -0.1) is 0 Å². The highest BCUT2D eigenvalue weighted by Gasteiger charge is 2.53. The van der Waals surface area contributed by atoms with Crippen molar-refractivity contribution in [1.29, 1.82) is 0 Å². The molecule has 36 heavy (non-hydrogen) atoms. The second-order valence-corrected chi connectivity index (χ2v) is 14.1. The van der Waals surface area contributed by atoms with Gasteiger partial charge in [-0.2, -0.15) is 0 Å². The smallest absolute Gasteiger partial charge is 0.311 e. The number of hydrogen-bond donors (Lipinski definition) is 0. The normalized spacial score (nSPS) is 25.5. The van der Waals surface area contributed by atoms with E-state index in [0.29, 0.717) is 0 Å². The fourth-order valence-electron chi connectivity index (χ4n) is 2.68. The molecule has 208 valence electrons. The van der Waals surface area contributed by atoms with Gasteiger partial charge >= 0.3 is 23.9 Å². The van der Waals surface area contributed by atoms with Gasteiger partial charge in [-0.05, 0) is 83.1 Å². The molecule has 1 unspecified atom stereocenters. The molecular weight excluding hydrogens is 536 g/mol. The van der Waals surface area contributed by atoms with Gasteiger partial charge in [0, 0.05) is 0 Å². The molecule has 1 rings (SSSR count). The zero-order valence-electron chi connectivity index (χ0n) is 23.6. The van der Waals surface area contributed by atoms with Crippen LogP contribution in [0.4, 0.5) is 0 Å². The lowest BCUT2D eigenvalue weighted by molar-refractivity contribution is -0.245. The van der Waals surface area contributed by atoms with E-state index in [1.54, 1.807) is 83.1 Å². The second-order valence-electron chi connectivity index (χ2n) is 13.2. The average molecular weight is 580 g/mol. The Balaban J connectivity index is 3.50.